The topological polar surface area (TPSA) is 48.9 Å². The Morgan fingerprint density at radius 3 is 2.52 bits per heavy atom. The highest BCUT2D eigenvalue weighted by atomic mass is 127. The van der Waals surface area contributed by atoms with Crippen LogP contribution in [0.5, 0.6) is 0 Å². The number of guanidine groups is 1. The second-order valence-electron chi connectivity index (χ2n) is 6.30. The third-order valence-corrected chi connectivity index (χ3v) is 4.71. The number of nitrogens with one attached hydrogen (secondary N) is 2. The summed E-state index contributed by atoms with van der Waals surface area (Å²) in [5.74, 6) is 0.899. The Labute approximate surface area is 169 Å². The van der Waals surface area contributed by atoms with Crippen LogP contribution in [0.2, 0.25) is 0 Å². The Morgan fingerprint density at radius 1 is 1.24 bits per heavy atom. The number of aliphatic imine (C=N–C) groups is 1. The number of benzene rings is 1. The van der Waals surface area contributed by atoms with E-state index in [0.717, 1.165) is 58.0 Å². The van der Waals surface area contributed by atoms with Gasteiger partial charge in [0.15, 0.2) is 5.96 Å². The smallest absolute Gasteiger partial charge is 0.191 e. The van der Waals surface area contributed by atoms with E-state index in [4.69, 9.17) is 4.74 Å². The van der Waals surface area contributed by atoms with Gasteiger partial charge in [-0.1, -0.05) is 31.2 Å². The number of hydrogen-bond acceptors (Lipinski definition) is 3. The predicted octanol–water partition coefficient (Wildman–Crippen LogP) is 2.64. The zero-order chi connectivity index (χ0) is 17.2. The number of halogens is 1. The lowest BCUT2D eigenvalue weighted by atomic mass is 10.0. The molecular weight excluding hydrogens is 427 g/mol. The van der Waals surface area contributed by atoms with E-state index in [1.165, 1.54) is 11.1 Å². The maximum Gasteiger partial charge on any atom is 0.191 e. The Balaban J connectivity index is 0.00000312. The molecule has 2 rings (SSSR count). The molecule has 0 aliphatic carbocycles. The zero-order valence-corrected chi connectivity index (χ0v) is 18.1. The number of ether oxygens (including phenoxy) is 1. The maximum atomic E-state index is 5.16. The largest absolute Gasteiger partial charge is 0.383 e. The fraction of sp³-hybridized carbons (Fsp3) is 0.632. The Hall–Kier alpha value is -0.860. The minimum Gasteiger partial charge on any atom is -0.383 e. The summed E-state index contributed by atoms with van der Waals surface area (Å²) in [5, 5.41) is 7.03. The molecule has 0 atom stereocenters. The second-order valence-corrected chi connectivity index (χ2v) is 6.30. The summed E-state index contributed by atoms with van der Waals surface area (Å²) >= 11 is 0. The van der Waals surface area contributed by atoms with E-state index in [2.05, 4.69) is 51.7 Å². The van der Waals surface area contributed by atoms with E-state index in [9.17, 15) is 0 Å². The van der Waals surface area contributed by atoms with Crippen LogP contribution in [0.15, 0.2) is 29.3 Å². The third-order valence-electron chi connectivity index (χ3n) is 4.71. The van der Waals surface area contributed by atoms with E-state index in [-0.39, 0.29) is 24.0 Å². The number of piperidine rings is 1. The molecule has 1 aromatic carbocycles. The van der Waals surface area contributed by atoms with Crippen molar-refractivity contribution in [3.63, 3.8) is 0 Å². The van der Waals surface area contributed by atoms with E-state index in [0.29, 0.717) is 6.04 Å². The Kier molecular flexibility index (Phi) is 11.1. The number of rotatable bonds is 7. The minimum atomic E-state index is 0. The molecule has 6 heteroatoms. The molecule has 0 aromatic heterocycles. The van der Waals surface area contributed by atoms with Crippen molar-refractivity contribution in [1.29, 1.82) is 0 Å². The second kappa shape index (κ2) is 12.5. The summed E-state index contributed by atoms with van der Waals surface area (Å²) in [6, 6.07) is 9.09. The molecule has 0 saturated carbocycles. The first-order valence-corrected chi connectivity index (χ1v) is 9.02. The lowest BCUT2D eigenvalue weighted by molar-refractivity contribution is 0.128. The first-order valence-electron chi connectivity index (χ1n) is 9.02. The van der Waals surface area contributed by atoms with Gasteiger partial charge in [-0.15, -0.1) is 24.0 Å². The van der Waals surface area contributed by atoms with Crippen LogP contribution in [0.4, 0.5) is 0 Å². The highest BCUT2D eigenvalue weighted by Gasteiger charge is 2.19. The molecule has 0 radical (unpaired) electrons. The molecule has 1 saturated heterocycles. The van der Waals surface area contributed by atoms with Gasteiger partial charge in [0.2, 0.25) is 0 Å². The van der Waals surface area contributed by atoms with Crippen molar-refractivity contribution in [1.82, 2.24) is 15.5 Å². The average Bonchev–Trinajstić information content (AvgIpc) is 2.64. The average molecular weight is 460 g/mol. The Morgan fingerprint density at radius 2 is 1.92 bits per heavy atom. The number of aryl methyl sites for hydroxylation is 1. The van der Waals surface area contributed by atoms with Crippen molar-refractivity contribution in [3.05, 3.63) is 35.4 Å². The molecule has 0 bridgehead atoms. The molecule has 142 valence electrons. The van der Waals surface area contributed by atoms with Crippen molar-refractivity contribution in [3.8, 4) is 0 Å². The summed E-state index contributed by atoms with van der Waals surface area (Å²) in [6.07, 6.45) is 3.36. The van der Waals surface area contributed by atoms with Gasteiger partial charge in [-0.2, -0.15) is 0 Å². The van der Waals surface area contributed by atoms with Gasteiger partial charge in [-0.3, -0.25) is 4.99 Å². The van der Waals surface area contributed by atoms with Gasteiger partial charge in [0.1, 0.15) is 0 Å². The van der Waals surface area contributed by atoms with Crippen molar-refractivity contribution in [2.75, 3.05) is 40.4 Å². The molecule has 1 aliphatic heterocycles. The number of hydrogen-bond donors (Lipinski definition) is 2. The zero-order valence-electron chi connectivity index (χ0n) is 15.8. The quantitative estimate of drug-likeness (QED) is 0.373. The van der Waals surface area contributed by atoms with E-state index >= 15 is 0 Å². The van der Waals surface area contributed by atoms with Crippen LogP contribution in [0.25, 0.3) is 0 Å². The fourth-order valence-electron chi connectivity index (χ4n) is 3.16. The van der Waals surface area contributed by atoms with Crippen LogP contribution in [0, 0.1) is 0 Å². The molecule has 2 N–H and O–H groups in total. The fourth-order valence-corrected chi connectivity index (χ4v) is 3.16. The lowest BCUT2D eigenvalue weighted by Gasteiger charge is -2.32. The van der Waals surface area contributed by atoms with Gasteiger partial charge >= 0.3 is 0 Å². The number of nitrogens with zero attached hydrogens (tertiary/aromatic N) is 2. The van der Waals surface area contributed by atoms with Crippen molar-refractivity contribution in [2.45, 2.75) is 38.8 Å². The molecule has 0 spiro atoms. The first kappa shape index (κ1) is 22.2. The molecular formula is C19H33IN4O. The van der Waals surface area contributed by atoms with Gasteiger partial charge in [0, 0.05) is 46.4 Å². The molecule has 0 unspecified atom stereocenters. The van der Waals surface area contributed by atoms with Gasteiger partial charge in [0.25, 0.3) is 0 Å². The summed E-state index contributed by atoms with van der Waals surface area (Å²) < 4.78 is 5.16. The highest BCUT2D eigenvalue weighted by Crippen LogP contribution is 2.11. The van der Waals surface area contributed by atoms with Crippen LogP contribution in [0.3, 0.4) is 0 Å². The van der Waals surface area contributed by atoms with Crippen LogP contribution < -0.4 is 10.6 Å². The van der Waals surface area contributed by atoms with Gasteiger partial charge in [-0.05, 0) is 30.4 Å². The van der Waals surface area contributed by atoms with E-state index in [1.54, 1.807) is 7.11 Å². The monoisotopic (exact) mass is 460 g/mol. The van der Waals surface area contributed by atoms with Crippen molar-refractivity contribution < 1.29 is 4.74 Å². The third kappa shape index (κ3) is 7.50. The molecule has 1 fully saturated rings. The molecule has 5 nitrogen and oxygen atoms in total. The number of likely N-dealkylation sites (tertiary alicyclic amines) is 1. The van der Waals surface area contributed by atoms with Crippen molar-refractivity contribution in [2.24, 2.45) is 4.99 Å². The van der Waals surface area contributed by atoms with Crippen LogP contribution in [-0.4, -0.2) is 57.3 Å². The van der Waals surface area contributed by atoms with Crippen molar-refractivity contribution >= 4 is 29.9 Å². The molecule has 1 aliphatic rings. The minimum absolute atomic E-state index is 0. The first-order chi connectivity index (χ1) is 11.8. The van der Waals surface area contributed by atoms with Gasteiger partial charge in [0.05, 0.1) is 6.61 Å². The van der Waals surface area contributed by atoms with E-state index < -0.39 is 0 Å². The van der Waals surface area contributed by atoms with Crippen LogP contribution >= 0.6 is 24.0 Å². The summed E-state index contributed by atoms with van der Waals surface area (Å²) in [7, 11) is 3.61. The molecule has 1 heterocycles. The van der Waals surface area contributed by atoms with Gasteiger partial charge in [-0.25, -0.2) is 0 Å². The molecule has 0 amide bonds. The molecule has 25 heavy (non-hydrogen) atoms. The SMILES string of the molecule is CCc1ccccc1CNC(=NC)NC1CCN(CCOC)CC1.I. The summed E-state index contributed by atoms with van der Waals surface area (Å²) in [6.45, 7) is 7.11. The molecule has 1 aromatic rings. The highest BCUT2D eigenvalue weighted by molar-refractivity contribution is 14.0. The standard InChI is InChI=1S/C19H32N4O.HI/c1-4-16-7-5-6-8-17(16)15-21-19(20-2)22-18-9-11-23(12-10-18)13-14-24-3;/h5-8,18H,4,9-15H2,1-3H3,(H2,20,21,22);1H. The lowest BCUT2D eigenvalue weighted by Crippen LogP contribution is -2.48. The maximum absolute atomic E-state index is 5.16. The van der Waals surface area contributed by atoms with E-state index in [1.807, 2.05) is 7.05 Å². The number of methoxy groups -OCH3 is 1. The predicted molar refractivity (Wildman–Crippen MR) is 116 cm³/mol. The Bertz CT molecular complexity index is 516. The normalized spacial score (nSPS) is 16.4. The van der Waals surface area contributed by atoms with Crippen LogP contribution in [0.1, 0.15) is 30.9 Å². The van der Waals surface area contributed by atoms with Gasteiger partial charge < -0.3 is 20.3 Å². The summed E-state index contributed by atoms with van der Waals surface area (Å²) in [4.78, 5) is 6.85. The summed E-state index contributed by atoms with van der Waals surface area (Å²) in [5.41, 5.74) is 2.74. The van der Waals surface area contributed by atoms with Crippen LogP contribution in [-0.2, 0) is 17.7 Å².